The van der Waals surface area contributed by atoms with Crippen LogP contribution < -0.4 is 0 Å². The van der Waals surface area contributed by atoms with Crippen molar-refractivity contribution in [2.45, 2.75) is 50.5 Å². The Labute approximate surface area is 218 Å². The van der Waals surface area contributed by atoms with Crippen LogP contribution in [0, 0.1) is 11.7 Å². The smallest absolute Gasteiger partial charge is 0.307 e. The number of carbonyl (C=O) groups excluding carboxylic acids is 1. The van der Waals surface area contributed by atoms with Crippen LogP contribution in [0.3, 0.4) is 0 Å². The first kappa shape index (κ1) is 23.1. The Kier molecular flexibility index (Phi) is 5.15. The number of carboxylic acid groups (broad SMARTS) is 1. The predicted molar refractivity (Wildman–Crippen MR) is 138 cm³/mol. The predicted octanol–water partition coefficient (Wildman–Crippen LogP) is 5.36. The molecule has 2 unspecified atom stereocenters. The molecule has 3 aliphatic rings. The third-order valence-electron chi connectivity index (χ3n) is 8.33. The first-order valence-corrected chi connectivity index (χ1v) is 13.2. The summed E-state index contributed by atoms with van der Waals surface area (Å²) in [7, 11) is 0. The molecule has 8 heteroatoms. The van der Waals surface area contributed by atoms with Crippen LogP contribution in [0.25, 0.3) is 16.9 Å². The Balaban J connectivity index is 1.23. The highest BCUT2D eigenvalue weighted by atomic mass is 19.1. The highest BCUT2D eigenvalue weighted by Gasteiger charge is 2.44. The van der Waals surface area contributed by atoms with Crippen LogP contribution in [0.15, 0.2) is 54.6 Å². The molecule has 3 heterocycles. The minimum atomic E-state index is -0.841. The summed E-state index contributed by atoms with van der Waals surface area (Å²) in [6.45, 7) is 2.69. The van der Waals surface area contributed by atoms with Gasteiger partial charge in [-0.25, -0.2) is 13.9 Å². The monoisotopic (exact) mass is 510 g/mol. The lowest BCUT2D eigenvalue weighted by Crippen LogP contribution is -2.39. The molecule has 1 aliphatic heterocycles. The first-order chi connectivity index (χ1) is 18.4. The third kappa shape index (κ3) is 3.78. The van der Waals surface area contributed by atoms with Crippen molar-refractivity contribution >= 4 is 17.5 Å². The number of rotatable bonds is 5. The molecular formula is C30H27FN4O3. The number of benzene rings is 2. The summed E-state index contributed by atoms with van der Waals surface area (Å²) in [4.78, 5) is 31.5. The van der Waals surface area contributed by atoms with Crippen molar-refractivity contribution < 1.29 is 19.1 Å². The quantitative estimate of drug-likeness (QED) is 0.391. The maximum Gasteiger partial charge on any atom is 0.307 e. The summed E-state index contributed by atoms with van der Waals surface area (Å²) in [5.41, 5.74) is 5.76. The van der Waals surface area contributed by atoms with Gasteiger partial charge in [0.15, 0.2) is 5.65 Å². The standard InChI is InChI=1S/C30H27FN4O3/c1-16-20-5-3-2-4-17(20)10-11-34(16)29(36)26-14-27(18-6-7-18)35-28(32-26)15-25(33-35)21-9-8-19(12-24(21)31)22-13-23(22)30(37)38/h2-5,8-9,12,14-16,18,22-23H,6-7,10-11,13H2,1H3,(H,37,38)/t16-,22?,23?/m1/s1. The molecule has 0 spiro atoms. The Morgan fingerprint density at radius 2 is 1.89 bits per heavy atom. The van der Waals surface area contributed by atoms with E-state index >= 15 is 4.39 Å². The molecule has 38 heavy (non-hydrogen) atoms. The Bertz CT molecular complexity index is 1630. The zero-order valence-electron chi connectivity index (χ0n) is 21.0. The van der Waals surface area contributed by atoms with Crippen LogP contribution in [0.1, 0.15) is 76.9 Å². The Morgan fingerprint density at radius 3 is 2.63 bits per heavy atom. The molecular weight excluding hydrogens is 483 g/mol. The van der Waals surface area contributed by atoms with Gasteiger partial charge in [0.25, 0.3) is 5.91 Å². The summed E-state index contributed by atoms with van der Waals surface area (Å²) in [5.74, 6) is -1.66. The number of carbonyl (C=O) groups is 2. The Hall–Kier alpha value is -4.07. The van der Waals surface area contributed by atoms with Gasteiger partial charge in [0.05, 0.1) is 17.7 Å². The van der Waals surface area contributed by atoms with Crippen molar-refractivity contribution in [3.05, 3.63) is 88.5 Å². The molecule has 2 fully saturated rings. The fraction of sp³-hybridized carbons (Fsp3) is 0.333. The number of nitrogens with zero attached hydrogens (tertiary/aromatic N) is 4. The normalized spacial score (nSPS) is 22.4. The molecule has 2 aliphatic carbocycles. The van der Waals surface area contributed by atoms with E-state index in [2.05, 4.69) is 19.1 Å². The van der Waals surface area contributed by atoms with E-state index < -0.39 is 17.7 Å². The molecule has 2 aromatic carbocycles. The highest BCUT2D eigenvalue weighted by molar-refractivity contribution is 5.93. The fourth-order valence-electron chi connectivity index (χ4n) is 5.91. The number of hydrogen-bond donors (Lipinski definition) is 1. The lowest BCUT2D eigenvalue weighted by Gasteiger charge is -2.35. The molecule has 4 aromatic rings. The van der Waals surface area contributed by atoms with E-state index in [9.17, 15) is 14.7 Å². The summed E-state index contributed by atoms with van der Waals surface area (Å²) in [6, 6.07) is 16.7. The van der Waals surface area contributed by atoms with E-state index in [1.54, 1.807) is 22.7 Å². The summed E-state index contributed by atoms with van der Waals surface area (Å²) >= 11 is 0. The van der Waals surface area contributed by atoms with Crippen LogP contribution in [-0.2, 0) is 11.2 Å². The second-order valence-corrected chi connectivity index (χ2v) is 10.8. The molecule has 2 aromatic heterocycles. The molecule has 1 amide bonds. The number of aromatic nitrogens is 3. The van der Waals surface area contributed by atoms with Gasteiger partial charge in [0, 0.05) is 29.8 Å². The summed E-state index contributed by atoms with van der Waals surface area (Å²) < 4.78 is 16.9. The first-order valence-electron chi connectivity index (χ1n) is 13.2. The van der Waals surface area contributed by atoms with Crippen LogP contribution >= 0.6 is 0 Å². The molecule has 192 valence electrons. The zero-order chi connectivity index (χ0) is 26.1. The van der Waals surface area contributed by atoms with Gasteiger partial charge >= 0.3 is 5.97 Å². The zero-order valence-corrected chi connectivity index (χ0v) is 21.0. The lowest BCUT2D eigenvalue weighted by molar-refractivity contribution is -0.138. The van der Waals surface area contributed by atoms with Gasteiger partial charge in [-0.15, -0.1) is 0 Å². The number of carboxylic acids is 1. The second-order valence-electron chi connectivity index (χ2n) is 10.8. The number of hydrogen-bond acceptors (Lipinski definition) is 4. The van der Waals surface area contributed by atoms with Crippen molar-refractivity contribution in [1.29, 1.82) is 0 Å². The van der Waals surface area contributed by atoms with Crippen molar-refractivity contribution in [2.75, 3.05) is 6.54 Å². The third-order valence-corrected chi connectivity index (χ3v) is 8.33. The average molecular weight is 511 g/mol. The SMILES string of the molecule is C[C@@H]1c2ccccc2CCN1C(=O)c1cc(C2CC2)n2nc(-c3ccc(C4CC4C(=O)O)cc3F)cc2n1. The van der Waals surface area contributed by atoms with Gasteiger partial charge in [-0.3, -0.25) is 9.59 Å². The van der Waals surface area contributed by atoms with E-state index in [1.165, 1.54) is 17.2 Å². The molecule has 2 saturated carbocycles. The van der Waals surface area contributed by atoms with Crippen LogP contribution in [-0.4, -0.2) is 43.0 Å². The van der Waals surface area contributed by atoms with Crippen molar-refractivity contribution in [2.24, 2.45) is 5.92 Å². The molecule has 1 N–H and O–H groups in total. The number of fused-ring (bicyclic) bond motifs is 2. The van der Waals surface area contributed by atoms with Crippen molar-refractivity contribution in [1.82, 2.24) is 19.5 Å². The van der Waals surface area contributed by atoms with Gasteiger partial charge in [-0.05, 0) is 73.4 Å². The largest absolute Gasteiger partial charge is 0.481 e. The van der Waals surface area contributed by atoms with Gasteiger partial charge in [0.2, 0.25) is 0 Å². The van der Waals surface area contributed by atoms with Crippen molar-refractivity contribution in [3.63, 3.8) is 0 Å². The van der Waals surface area contributed by atoms with E-state index in [-0.39, 0.29) is 17.9 Å². The summed E-state index contributed by atoms with van der Waals surface area (Å²) in [5, 5.41) is 13.9. The molecule has 0 radical (unpaired) electrons. The van der Waals surface area contributed by atoms with Crippen LogP contribution in [0.2, 0.25) is 0 Å². The Morgan fingerprint density at radius 1 is 1.08 bits per heavy atom. The molecule has 3 atom stereocenters. The van der Waals surface area contributed by atoms with Crippen LogP contribution in [0.4, 0.5) is 4.39 Å². The molecule has 0 bridgehead atoms. The highest BCUT2D eigenvalue weighted by Crippen LogP contribution is 2.48. The second kappa shape index (κ2) is 8.48. The average Bonchev–Trinajstić information content (AvgIpc) is 3.84. The molecule has 7 nitrogen and oxygen atoms in total. The van der Waals surface area contributed by atoms with Gasteiger partial charge < -0.3 is 10.0 Å². The van der Waals surface area contributed by atoms with E-state index in [1.807, 2.05) is 23.1 Å². The maximum absolute atomic E-state index is 15.2. The minimum Gasteiger partial charge on any atom is -0.481 e. The van der Waals surface area contributed by atoms with Gasteiger partial charge in [-0.1, -0.05) is 30.3 Å². The summed E-state index contributed by atoms with van der Waals surface area (Å²) in [6.07, 6.45) is 3.38. The topological polar surface area (TPSA) is 87.8 Å². The van der Waals surface area contributed by atoms with Gasteiger partial charge in [0.1, 0.15) is 11.5 Å². The minimum absolute atomic E-state index is 0.0462. The van der Waals surface area contributed by atoms with Crippen molar-refractivity contribution in [3.8, 4) is 11.3 Å². The molecule has 7 rings (SSSR count). The fourth-order valence-corrected chi connectivity index (χ4v) is 5.91. The maximum atomic E-state index is 15.2. The van der Waals surface area contributed by atoms with E-state index in [4.69, 9.17) is 10.1 Å². The van der Waals surface area contributed by atoms with E-state index in [0.717, 1.165) is 25.0 Å². The number of aliphatic carboxylic acids is 1. The number of halogens is 1. The van der Waals surface area contributed by atoms with E-state index in [0.29, 0.717) is 47.0 Å². The number of amides is 1. The van der Waals surface area contributed by atoms with Gasteiger partial charge in [-0.2, -0.15) is 5.10 Å². The lowest BCUT2D eigenvalue weighted by atomic mass is 9.93. The van der Waals surface area contributed by atoms with Crippen LogP contribution in [0.5, 0.6) is 0 Å². The molecule has 0 saturated heterocycles.